The zero-order valence-corrected chi connectivity index (χ0v) is 23.2. The number of Topliss-reactive ketones (excluding diaryl/α,β-unsaturated/α-hetero) is 1. The van der Waals surface area contributed by atoms with Crippen LogP contribution in [0.25, 0.3) is 16.6 Å². The highest BCUT2D eigenvalue weighted by Crippen LogP contribution is 2.34. The molecule has 9 heteroatoms. The second-order valence-electron chi connectivity index (χ2n) is 11.7. The number of carbonyl (C=O) groups excluding carboxylic acids is 3. The lowest BCUT2D eigenvalue weighted by molar-refractivity contribution is -0.137. The van der Waals surface area contributed by atoms with E-state index in [0.717, 1.165) is 12.8 Å². The van der Waals surface area contributed by atoms with Crippen molar-refractivity contribution in [2.24, 2.45) is 5.92 Å². The summed E-state index contributed by atoms with van der Waals surface area (Å²) in [5.41, 5.74) is 3.02. The predicted octanol–water partition coefficient (Wildman–Crippen LogP) is 4.13. The number of amides is 2. The fraction of sp³-hybridized carbons (Fsp3) is 0.419. The number of benzene rings is 1. The van der Waals surface area contributed by atoms with E-state index in [4.69, 9.17) is 0 Å². The van der Waals surface area contributed by atoms with Gasteiger partial charge in [-0.15, -0.1) is 0 Å². The summed E-state index contributed by atoms with van der Waals surface area (Å²) in [5.74, 6) is -1.12. The molecule has 2 aromatic heterocycles. The quantitative estimate of drug-likeness (QED) is 0.358. The molecule has 4 heterocycles. The number of nitrogens with zero attached hydrogens (tertiary/aromatic N) is 4. The molecule has 0 radical (unpaired) electrons. The zero-order valence-electron chi connectivity index (χ0n) is 23.2. The van der Waals surface area contributed by atoms with E-state index in [0.29, 0.717) is 41.3 Å². The third kappa shape index (κ3) is 4.33. The Morgan fingerprint density at radius 3 is 2.48 bits per heavy atom. The van der Waals surface area contributed by atoms with Gasteiger partial charge >= 0.3 is 0 Å². The maximum absolute atomic E-state index is 14.5. The van der Waals surface area contributed by atoms with Crippen LogP contribution in [0.4, 0.5) is 4.39 Å². The summed E-state index contributed by atoms with van der Waals surface area (Å²) in [6, 6.07) is 5.80. The first kappa shape index (κ1) is 26.4. The number of hydrogen-bond donors (Lipinski definition) is 1. The van der Waals surface area contributed by atoms with E-state index >= 15 is 0 Å². The molecule has 3 aliphatic rings. The third-order valence-corrected chi connectivity index (χ3v) is 8.39. The van der Waals surface area contributed by atoms with Crippen LogP contribution >= 0.6 is 0 Å². The van der Waals surface area contributed by atoms with Crippen molar-refractivity contribution < 1.29 is 18.8 Å². The number of hydrogen-bond acceptors (Lipinski definition) is 5. The summed E-state index contributed by atoms with van der Waals surface area (Å²) >= 11 is 0. The van der Waals surface area contributed by atoms with Gasteiger partial charge in [0.05, 0.1) is 28.9 Å². The normalized spacial score (nSPS) is 20.4. The van der Waals surface area contributed by atoms with Crippen molar-refractivity contribution in [1.29, 1.82) is 0 Å². The number of nitrogens with one attached hydrogen (secondary N) is 1. The maximum atomic E-state index is 14.5. The first-order valence-electron chi connectivity index (χ1n) is 14.0. The lowest BCUT2D eigenvalue weighted by atomic mass is 9.89. The molecule has 1 saturated heterocycles. The monoisotopic (exact) mass is 543 g/mol. The van der Waals surface area contributed by atoms with Gasteiger partial charge in [-0.05, 0) is 70.4 Å². The van der Waals surface area contributed by atoms with E-state index in [1.807, 2.05) is 27.7 Å². The largest absolute Gasteiger partial charge is 0.339 e. The van der Waals surface area contributed by atoms with Gasteiger partial charge in [-0.1, -0.05) is 6.08 Å². The van der Waals surface area contributed by atoms with Crippen LogP contribution < -0.4 is 5.32 Å². The number of halogens is 1. The lowest BCUT2D eigenvalue weighted by Crippen LogP contribution is -2.58. The summed E-state index contributed by atoms with van der Waals surface area (Å²) in [4.78, 5) is 48.2. The number of fused-ring (bicyclic) bond motifs is 2. The van der Waals surface area contributed by atoms with E-state index in [1.54, 1.807) is 45.1 Å². The first-order valence-corrected chi connectivity index (χ1v) is 14.0. The van der Waals surface area contributed by atoms with Crippen molar-refractivity contribution >= 4 is 28.5 Å². The van der Waals surface area contributed by atoms with Crippen molar-refractivity contribution in [1.82, 2.24) is 24.7 Å². The number of likely N-dealkylation sites (tertiary alicyclic amines) is 1. The number of rotatable bonds is 7. The SMILES string of the molecule is CC(C)N(C(=O)c1cc(F)ccc1-n1cc(C(=O)C2CN(C(=O)[C@H]3N[C@H]4C=C3CC4)C2)c2ccncc21)C(C)C. The molecule has 0 saturated carbocycles. The summed E-state index contributed by atoms with van der Waals surface area (Å²) in [6.45, 7) is 8.48. The van der Waals surface area contributed by atoms with Crippen molar-refractivity contribution in [2.45, 2.75) is 64.7 Å². The van der Waals surface area contributed by atoms with E-state index in [2.05, 4.69) is 16.4 Å². The molecule has 1 N–H and O–H groups in total. The highest BCUT2D eigenvalue weighted by molar-refractivity contribution is 6.10. The second-order valence-corrected chi connectivity index (χ2v) is 11.7. The number of ketones is 1. The van der Waals surface area contributed by atoms with Crippen LogP contribution in [0.2, 0.25) is 0 Å². The average molecular weight is 544 g/mol. The van der Waals surface area contributed by atoms with Crippen LogP contribution in [-0.4, -0.2) is 74.2 Å². The van der Waals surface area contributed by atoms with Crippen molar-refractivity contribution in [3.8, 4) is 5.69 Å². The molecule has 1 fully saturated rings. The van der Waals surface area contributed by atoms with E-state index in [-0.39, 0.29) is 47.2 Å². The van der Waals surface area contributed by atoms with Gasteiger partial charge in [-0.3, -0.25) is 24.7 Å². The van der Waals surface area contributed by atoms with Gasteiger partial charge in [0.25, 0.3) is 5.91 Å². The van der Waals surface area contributed by atoms with E-state index in [1.165, 1.54) is 17.7 Å². The molecular formula is C31H34FN5O3. The molecule has 208 valence electrons. The van der Waals surface area contributed by atoms with Gasteiger partial charge < -0.3 is 14.4 Å². The third-order valence-electron chi connectivity index (χ3n) is 8.39. The van der Waals surface area contributed by atoms with Crippen LogP contribution in [0.3, 0.4) is 0 Å². The number of piperidine rings is 1. The van der Waals surface area contributed by atoms with Gasteiger partial charge in [0.15, 0.2) is 5.78 Å². The van der Waals surface area contributed by atoms with Crippen LogP contribution in [0, 0.1) is 11.7 Å². The van der Waals surface area contributed by atoms with E-state index < -0.39 is 5.82 Å². The number of pyridine rings is 1. The van der Waals surface area contributed by atoms with Gasteiger partial charge in [0.1, 0.15) is 11.9 Å². The standard InChI is InChI=1S/C31H34FN5O3/c1-17(2)37(18(3)4)30(39)24-12-21(32)6-8-26(24)36-16-25(23-9-10-33-13-27(23)36)29(38)20-14-35(15-20)31(40)28-19-5-7-22(11-19)34-28/h6,8-13,16-18,20,22,28,34H,5,7,14-15H2,1-4H3/t22-,28+/m1/s1. The van der Waals surface area contributed by atoms with Gasteiger partial charge in [0.2, 0.25) is 5.91 Å². The Bertz CT molecular complexity index is 1540. The van der Waals surface area contributed by atoms with Crippen molar-refractivity contribution in [2.75, 3.05) is 13.1 Å². The molecule has 8 nitrogen and oxygen atoms in total. The minimum Gasteiger partial charge on any atom is -0.339 e. The fourth-order valence-corrected chi connectivity index (χ4v) is 6.46. The highest BCUT2D eigenvalue weighted by Gasteiger charge is 2.43. The smallest absolute Gasteiger partial charge is 0.256 e. The lowest BCUT2D eigenvalue weighted by Gasteiger charge is -2.40. The summed E-state index contributed by atoms with van der Waals surface area (Å²) < 4.78 is 16.2. The molecule has 2 bridgehead atoms. The van der Waals surface area contributed by atoms with Crippen LogP contribution in [-0.2, 0) is 4.79 Å². The minimum atomic E-state index is -0.509. The van der Waals surface area contributed by atoms with Gasteiger partial charge in [-0.2, -0.15) is 0 Å². The summed E-state index contributed by atoms with van der Waals surface area (Å²) in [7, 11) is 0. The van der Waals surface area contributed by atoms with Crippen LogP contribution in [0.1, 0.15) is 61.3 Å². The molecule has 3 aromatic rings. The van der Waals surface area contributed by atoms with Crippen LogP contribution in [0.15, 0.2) is 54.5 Å². The summed E-state index contributed by atoms with van der Waals surface area (Å²) in [6.07, 6.45) is 9.16. The minimum absolute atomic E-state index is 0.0402. The molecule has 2 amide bonds. The van der Waals surface area contributed by atoms with Crippen molar-refractivity contribution in [3.05, 3.63) is 71.4 Å². The number of carbonyl (C=O) groups is 3. The average Bonchev–Trinajstić information content (AvgIpc) is 3.62. The maximum Gasteiger partial charge on any atom is 0.256 e. The molecule has 1 aromatic carbocycles. The molecule has 6 rings (SSSR count). The molecular weight excluding hydrogens is 509 g/mol. The Hall–Kier alpha value is -3.85. The van der Waals surface area contributed by atoms with Gasteiger partial charge in [0, 0.05) is 54.6 Å². The summed E-state index contributed by atoms with van der Waals surface area (Å²) in [5, 5.41) is 4.07. The molecule has 0 spiro atoms. The fourth-order valence-electron chi connectivity index (χ4n) is 6.46. The Labute approximate surface area is 232 Å². The molecule has 1 aliphatic carbocycles. The molecule has 2 atom stereocenters. The predicted molar refractivity (Wildman–Crippen MR) is 150 cm³/mol. The molecule has 0 unspecified atom stereocenters. The molecule has 2 aliphatic heterocycles. The first-order chi connectivity index (χ1) is 19.1. The molecule has 40 heavy (non-hydrogen) atoms. The Morgan fingerprint density at radius 1 is 1.07 bits per heavy atom. The Morgan fingerprint density at radius 2 is 1.82 bits per heavy atom. The highest BCUT2D eigenvalue weighted by atomic mass is 19.1. The Kier molecular flexibility index (Phi) is 6.57. The van der Waals surface area contributed by atoms with Gasteiger partial charge in [-0.25, -0.2) is 4.39 Å². The van der Waals surface area contributed by atoms with Crippen molar-refractivity contribution in [3.63, 3.8) is 0 Å². The zero-order chi connectivity index (χ0) is 28.3. The topological polar surface area (TPSA) is 87.5 Å². The second kappa shape index (κ2) is 9.96. The van der Waals surface area contributed by atoms with Crippen LogP contribution in [0.5, 0.6) is 0 Å². The Balaban J connectivity index is 1.30. The number of aromatic nitrogens is 2. The van der Waals surface area contributed by atoms with E-state index in [9.17, 15) is 18.8 Å².